The first kappa shape index (κ1) is 28.7. The van der Waals surface area contributed by atoms with Crippen molar-refractivity contribution in [1.82, 2.24) is 0 Å². The third-order valence-corrected chi connectivity index (χ3v) is 10.5. The Morgan fingerprint density at radius 3 is 1.98 bits per heavy atom. The van der Waals surface area contributed by atoms with Gasteiger partial charge in [-0.3, -0.25) is 9.69 Å². The molecule has 8 heteroatoms. The molecule has 0 spiro atoms. The lowest BCUT2D eigenvalue weighted by molar-refractivity contribution is -0.113. The lowest BCUT2D eigenvalue weighted by atomic mass is 9.83. The van der Waals surface area contributed by atoms with Crippen LogP contribution in [0.2, 0.25) is 0 Å². The van der Waals surface area contributed by atoms with Crippen LogP contribution in [0.3, 0.4) is 0 Å². The Hall–Kier alpha value is -4.40. The van der Waals surface area contributed by atoms with Gasteiger partial charge < -0.3 is 4.90 Å². The minimum absolute atomic E-state index is 0.266. The van der Waals surface area contributed by atoms with Crippen LogP contribution in [0, 0.1) is 0 Å². The fourth-order valence-electron chi connectivity index (χ4n) is 5.58. The maximum Gasteiger partial charge on any atom is 0.286 e. The number of sulfone groups is 1. The van der Waals surface area contributed by atoms with Gasteiger partial charge >= 0.3 is 0 Å². The van der Waals surface area contributed by atoms with Crippen LogP contribution in [-0.2, 0) is 20.0 Å². The van der Waals surface area contributed by atoms with Crippen molar-refractivity contribution in [3.8, 4) is 0 Å². The number of para-hydroxylation sites is 2. The smallest absolute Gasteiger partial charge is 0.286 e. The summed E-state index contributed by atoms with van der Waals surface area (Å²) in [6, 6.07) is 33.6. The van der Waals surface area contributed by atoms with Gasteiger partial charge in [-0.2, -0.15) is 4.99 Å². The fourth-order valence-corrected chi connectivity index (χ4v) is 7.79. The van der Waals surface area contributed by atoms with Gasteiger partial charge in [-0.1, -0.05) is 68.4 Å². The molecule has 4 aromatic rings. The van der Waals surface area contributed by atoms with Crippen LogP contribution in [0.25, 0.3) is 0 Å². The van der Waals surface area contributed by atoms with Gasteiger partial charge in [0.1, 0.15) is 0 Å². The quantitative estimate of drug-likeness (QED) is 0.208. The Kier molecular flexibility index (Phi) is 7.58. The summed E-state index contributed by atoms with van der Waals surface area (Å²) in [5, 5.41) is 0.587. The maximum atomic E-state index is 13.4. The maximum absolute atomic E-state index is 13.4. The van der Waals surface area contributed by atoms with E-state index in [1.54, 1.807) is 42.5 Å². The van der Waals surface area contributed by atoms with Gasteiger partial charge in [0.15, 0.2) is 5.17 Å². The molecule has 0 radical (unpaired) electrons. The molecule has 0 saturated carbocycles. The van der Waals surface area contributed by atoms with Gasteiger partial charge in [0.2, 0.25) is 9.84 Å². The number of nitrogens with zero attached hydrogens (tertiary/aromatic N) is 3. The van der Waals surface area contributed by atoms with E-state index < -0.39 is 15.3 Å². The van der Waals surface area contributed by atoms with Crippen LogP contribution >= 0.6 is 11.8 Å². The van der Waals surface area contributed by atoms with Gasteiger partial charge in [-0.15, -0.1) is 0 Å². The third kappa shape index (κ3) is 5.21. The van der Waals surface area contributed by atoms with Crippen molar-refractivity contribution < 1.29 is 13.2 Å². The van der Waals surface area contributed by atoms with E-state index in [4.69, 9.17) is 0 Å². The van der Waals surface area contributed by atoms with Crippen molar-refractivity contribution in [2.75, 3.05) is 16.3 Å². The molecule has 0 unspecified atom stereocenters. The molecule has 4 aromatic carbocycles. The summed E-state index contributed by atoms with van der Waals surface area (Å²) in [6.45, 7) is 6.93. The third-order valence-electron chi connectivity index (χ3n) is 7.77. The minimum Gasteiger partial charge on any atom is -0.344 e. The standard InChI is InChI=1S/C35H31N3O3S2/c1-4-37-30-21-20-28(43(40,41)27-18-12-7-13-19-27)24-29(30)35(2,3)32(37)23-22-31-33(39)36-34(42-31)38(25-14-8-5-9-15-25)26-16-10-6-11-17-26/h5-24H,4H2,1-3H3. The van der Waals surface area contributed by atoms with Crippen LogP contribution < -0.4 is 9.80 Å². The first-order valence-corrected chi connectivity index (χ1v) is 16.4. The summed E-state index contributed by atoms with van der Waals surface area (Å²) in [5.41, 5.74) is 4.21. The van der Waals surface area contributed by atoms with Gasteiger partial charge in [-0.05, 0) is 91.0 Å². The minimum atomic E-state index is -3.66. The number of fused-ring (bicyclic) bond motifs is 1. The van der Waals surface area contributed by atoms with E-state index in [1.165, 1.54) is 11.8 Å². The molecule has 0 aromatic heterocycles. The number of benzene rings is 4. The first-order chi connectivity index (χ1) is 20.7. The fraction of sp³-hybridized carbons (Fsp3) is 0.143. The number of amides is 1. The number of thioether (sulfide) groups is 1. The van der Waals surface area contributed by atoms with Crippen LogP contribution in [0.15, 0.2) is 147 Å². The summed E-state index contributed by atoms with van der Waals surface area (Å²) in [6.07, 6.45) is 3.81. The van der Waals surface area contributed by atoms with E-state index >= 15 is 0 Å². The zero-order valence-electron chi connectivity index (χ0n) is 24.1. The SMILES string of the molecule is CCN1C(=CC=C2SC(N(c3ccccc3)c3ccccc3)=NC2=O)C(C)(C)c2cc(S(=O)(=O)c3ccccc3)ccc21. The second kappa shape index (κ2) is 11.4. The number of hydrogen-bond donors (Lipinski definition) is 0. The molecule has 2 aliphatic rings. The molecular weight excluding hydrogens is 575 g/mol. The largest absolute Gasteiger partial charge is 0.344 e. The lowest BCUT2D eigenvalue weighted by Gasteiger charge is -2.26. The second-order valence-corrected chi connectivity index (χ2v) is 13.7. The summed E-state index contributed by atoms with van der Waals surface area (Å²) < 4.78 is 26.8. The Morgan fingerprint density at radius 1 is 0.814 bits per heavy atom. The molecule has 0 aliphatic carbocycles. The van der Waals surface area contributed by atoms with Crippen molar-refractivity contribution >= 4 is 49.7 Å². The number of rotatable bonds is 6. The van der Waals surface area contributed by atoms with E-state index in [0.29, 0.717) is 16.6 Å². The van der Waals surface area contributed by atoms with E-state index in [9.17, 15) is 13.2 Å². The molecule has 2 heterocycles. The van der Waals surface area contributed by atoms with E-state index in [0.717, 1.165) is 28.3 Å². The zero-order chi connectivity index (χ0) is 30.2. The van der Waals surface area contributed by atoms with Gasteiger partial charge in [0.05, 0.1) is 14.7 Å². The normalized spacial score (nSPS) is 17.8. The molecule has 0 N–H and O–H groups in total. The lowest BCUT2D eigenvalue weighted by Crippen LogP contribution is -2.25. The molecule has 0 atom stereocenters. The van der Waals surface area contributed by atoms with Crippen molar-refractivity contribution in [1.29, 1.82) is 0 Å². The second-order valence-electron chi connectivity index (χ2n) is 10.8. The molecule has 0 bridgehead atoms. The van der Waals surface area contributed by atoms with Gasteiger partial charge in [0.25, 0.3) is 5.91 Å². The van der Waals surface area contributed by atoms with Crippen molar-refractivity contribution in [2.24, 2.45) is 4.99 Å². The molecule has 0 fully saturated rings. The molecule has 6 nitrogen and oxygen atoms in total. The van der Waals surface area contributed by atoms with E-state index in [-0.39, 0.29) is 15.7 Å². The molecule has 1 amide bonds. The number of hydrogen-bond acceptors (Lipinski definition) is 6. The highest BCUT2D eigenvalue weighted by atomic mass is 32.2. The summed E-state index contributed by atoms with van der Waals surface area (Å²) in [7, 11) is -3.66. The highest BCUT2D eigenvalue weighted by Gasteiger charge is 2.40. The highest BCUT2D eigenvalue weighted by Crippen LogP contribution is 2.49. The Labute approximate surface area is 257 Å². The number of carbonyl (C=O) groups excluding carboxylic acids is 1. The predicted molar refractivity (Wildman–Crippen MR) is 176 cm³/mol. The molecule has 0 saturated heterocycles. The van der Waals surface area contributed by atoms with Gasteiger partial charge in [0, 0.05) is 34.7 Å². The molecule has 6 rings (SSSR count). The average Bonchev–Trinajstić information content (AvgIpc) is 3.49. The molecule has 216 valence electrons. The van der Waals surface area contributed by atoms with Crippen LogP contribution in [0.4, 0.5) is 17.1 Å². The summed E-state index contributed by atoms with van der Waals surface area (Å²) in [4.78, 5) is 22.8. The Morgan fingerprint density at radius 2 is 1.40 bits per heavy atom. The molecule has 43 heavy (non-hydrogen) atoms. The molecule has 2 aliphatic heterocycles. The number of anilines is 3. The first-order valence-electron chi connectivity index (χ1n) is 14.1. The highest BCUT2D eigenvalue weighted by molar-refractivity contribution is 8.18. The number of carbonyl (C=O) groups is 1. The monoisotopic (exact) mass is 605 g/mol. The number of aliphatic imine (C=N–C) groups is 1. The van der Waals surface area contributed by atoms with Crippen molar-refractivity contribution in [2.45, 2.75) is 36.0 Å². The summed E-state index contributed by atoms with van der Waals surface area (Å²) in [5.74, 6) is -0.290. The molecular formula is C35H31N3O3S2. The Balaban J connectivity index is 1.33. The van der Waals surface area contributed by atoms with E-state index in [1.807, 2.05) is 83.8 Å². The van der Waals surface area contributed by atoms with E-state index in [2.05, 4.69) is 30.7 Å². The van der Waals surface area contributed by atoms with Crippen LogP contribution in [0.5, 0.6) is 0 Å². The number of amidine groups is 1. The zero-order valence-corrected chi connectivity index (χ0v) is 25.8. The topological polar surface area (TPSA) is 70.0 Å². The van der Waals surface area contributed by atoms with Crippen LogP contribution in [0.1, 0.15) is 26.3 Å². The predicted octanol–water partition coefficient (Wildman–Crippen LogP) is 7.87. The van der Waals surface area contributed by atoms with Crippen molar-refractivity contribution in [3.05, 3.63) is 138 Å². The van der Waals surface area contributed by atoms with Crippen LogP contribution in [-0.4, -0.2) is 26.0 Å². The summed E-state index contributed by atoms with van der Waals surface area (Å²) >= 11 is 1.34. The average molecular weight is 606 g/mol. The number of likely N-dealkylation sites (N-methyl/N-ethyl adjacent to an activating group) is 1. The van der Waals surface area contributed by atoms with Crippen molar-refractivity contribution in [3.63, 3.8) is 0 Å². The van der Waals surface area contributed by atoms with Gasteiger partial charge in [-0.25, -0.2) is 8.42 Å². The number of allylic oxidation sites excluding steroid dienone is 3. The Bertz CT molecular complexity index is 1840.